The highest BCUT2D eigenvalue weighted by Crippen LogP contribution is 2.30. The maximum absolute atomic E-state index is 5.93. The van der Waals surface area contributed by atoms with E-state index in [0.717, 1.165) is 24.7 Å². The first-order chi connectivity index (χ1) is 7.79. The van der Waals surface area contributed by atoms with E-state index in [-0.39, 0.29) is 0 Å². The molecule has 1 aromatic rings. The van der Waals surface area contributed by atoms with Crippen LogP contribution in [-0.2, 0) is 6.54 Å². The predicted octanol–water partition coefficient (Wildman–Crippen LogP) is 2.11. The molecule has 1 aromatic carbocycles. The van der Waals surface area contributed by atoms with Crippen LogP contribution in [0.4, 0.5) is 5.69 Å². The minimum absolute atomic E-state index is 0.713. The van der Waals surface area contributed by atoms with E-state index in [0.29, 0.717) is 6.54 Å². The summed E-state index contributed by atoms with van der Waals surface area (Å²) in [7, 11) is 0. The van der Waals surface area contributed by atoms with Crippen molar-refractivity contribution in [3.63, 3.8) is 0 Å². The number of benzene rings is 1. The predicted molar refractivity (Wildman–Crippen MR) is 67.7 cm³/mol. The Bertz CT molecular complexity index is 388. The highest BCUT2D eigenvalue weighted by molar-refractivity contribution is 5.46. The average molecular weight is 214 g/mol. The second-order valence-corrected chi connectivity index (χ2v) is 4.52. The molecule has 0 radical (unpaired) electrons. The molecule has 0 aromatic heterocycles. The van der Waals surface area contributed by atoms with Crippen LogP contribution in [0.3, 0.4) is 0 Å². The summed E-state index contributed by atoms with van der Waals surface area (Å²) in [6.07, 6.45) is 8.10. The Balaban J connectivity index is 1.98. The first-order valence-electron chi connectivity index (χ1n) is 5.79. The molecule has 16 heavy (non-hydrogen) atoms. The molecule has 0 heterocycles. The third kappa shape index (κ3) is 3.01. The number of anilines is 1. The molecular weight excluding hydrogens is 196 g/mol. The SMILES string of the molecule is C#CCN(Cc1ccccc1N)CC1CC1. The van der Waals surface area contributed by atoms with Gasteiger partial charge >= 0.3 is 0 Å². The topological polar surface area (TPSA) is 29.3 Å². The van der Waals surface area contributed by atoms with Crippen LogP contribution >= 0.6 is 0 Å². The number of hydrogen-bond acceptors (Lipinski definition) is 2. The molecule has 0 aliphatic heterocycles. The van der Waals surface area contributed by atoms with E-state index in [1.54, 1.807) is 0 Å². The van der Waals surface area contributed by atoms with Gasteiger partial charge in [0.2, 0.25) is 0 Å². The van der Waals surface area contributed by atoms with Gasteiger partial charge in [-0.05, 0) is 30.4 Å². The highest BCUT2D eigenvalue weighted by Gasteiger charge is 2.24. The number of nitrogens with two attached hydrogens (primary N) is 1. The van der Waals surface area contributed by atoms with Gasteiger partial charge in [0.05, 0.1) is 6.54 Å². The van der Waals surface area contributed by atoms with Crippen LogP contribution in [0, 0.1) is 18.3 Å². The third-order valence-electron chi connectivity index (χ3n) is 2.98. The molecule has 1 aliphatic rings. The molecule has 2 rings (SSSR count). The number of rotatable bonds is 5. The molecule has 0 spiro atoms. The molecule has 1 fully saturated rings. The minimum atomic E-state index is 0.713. The van der Waals surface area contributed by atoms with E-state index < -0.39 is 0 Å². The molecule has 0 amide bonds. The summed E-state index contributed by atoms with van der Waals surface area (Å²) in [5, 5.41) is 0. The molecule has 2 nitrogen and oxygen atoms in total. The number of nitrogen functional groups attached to an aromatic ring is 1. The molecule has 2 heteroatoms. The van der Waals surface area contributed by atoms with Gasteiger partial charge in [-0.3, -0.25) is 4.90 Å². The van der Waals surface area contributed by atoms with Crippen LogP contribution in [0.2, 0.25) is 0 Å². The van der Waals surface area contributed by atoms with E-state index >= 15 is 0 Å². The van der Waals surface area contributed by atoms with E-state index in [9.17, 15) is 0 Å². The van der Waals surface area contributed by atoms with Crippen LogP contribution in [0.5, 0.6) is 0 Å². The summed E-state index contributed by atoms with van der Waals surface area (Å²) in [5.74, 6) is 3.59. The Kier molecular flexibility index (Phi) is 3.48. The van der Waals surface area contributed by atoms with Gasteiger partial charge in [0, 0.05) is 18.8 Å². The highest BCUT2D eigenvalue weighted by atomic mass is 15.1. The second kappa shape index (κ2) is 5.05. The zero-order chi connectivity index (χ0) is 11.4. The number of hydrogen-bond donors (Lipinski definition) is 1. The quantitative estimate of drug-likeness (QED) is 0.601. The van der Waals surface area contributed by atoms with E-state index in [1.165, 1.54) is 18.4 Å². The molecule has 0 bridgehead atoms. The minimum Gasteiger partial charge on any atom is -0.398 e. The van der Waals surface area contributed by atoms with Crippen molar-refractivity contribution >= 4 is 5.69 Å². The average Bonchev–Trinajstić information content (AvgIpc) is 3.06. The molecule has 1 saturated carbocycles. The molecule has 0 saturated heterocycles. The van der Waals surface area contributed by atoms with Gasteiger partial charge < -0.3 is 5.73 Å². The largest absolute Gasteiger partial charge is 0.398 e. The molecule has 1 aliphatic carbocycles. The van der Waals surface area contributed by atoms with E-state index in [1.807, 2.05) is 18.2 Å². The zero-order valence-electron chi connectivity index (χ0n) is 9.52. The Labute approximate surface area is 97.4 Å². The second-order valence-electron chi connectivity index (χ2n) is 4.52. The van der Waals surface area contributed by atoms with Gasteiger partial charge in [-0.15, -0.1) is 6.42 Å². The maximum Gasteiger partial charge on any atom is 0.0601 e. The summed E-state index contributed by atoms with van der Waals surface area (Å²) >= 11 is 0. The number of nitrogens with zero attached hydrogens (tertiary/aromatic N) is 1. The van der Waals surface area contributed by atoms with Gasteiger partial charge in [0.25, 0.3) is 0 Å². The lowest BCUT2D eigenvalue weighted by molar-refractivity contribution is 0.287. The molecule has 84 valence electrons. The molecule has 0 atom stereocenters. The number of terminal acetylenes is 1. The normalized spacial score (nSPS) is 15.0. The first kappa shape index (κ1) is 11.0. The monoisotopic (exact) mass is 214 g/mol. The standard InChI is InChI=1S/C14H18N2/c1-2-9-16(10-12-7-8-12)11-13-5-3-4-6-14(13)15/h1,3-6,12H,7-11,15H2. The fourth-order valence-corrected chi connectivity index (χ4v) is 1.90. The summed E-state index contributed by atoms with van der Waals surface area (Å²) in [5.41, 5.74) is 7.97. The van der Waals surface area contributed by atoms with Crippen molar-refractivity contribution in [3.8, 4) is 12.3 Å². The third-order valence-corrected chi connectivity index (χ3v) is 2.98. The van der Waals surface area contributed by atoms with E-state index in [4.69, 9.17) is 12.2 Å². The van der Waals surface area contributed by atoms with Crippen molar-refractivity contribution < 1.29 is 0 Å². The van der Waals surface area contributed by atoms with Gasteiger partial charge in [-0.1, -0.05) is 24.1 Å². The lowest BCUT2D eigenvalue weighted by atomic mass is 10.1. The van der Waals surface area contributed by atoms with Crippen molar-refractivity contribution in [2.45, 2.75) is 19.4 Å². The van der Waals surface area contributed by atoms with Gasteiger partial charge in [-0.2, -0.15) is 0 Å². The van der Waals surface area contributed by atoms with Crippen LogP contribution in [0.1, 0.15) is 18.4 Å². The van der Waals surface area contributed by atoms with Gasteiger partial charge in [-0.25, -0.2) is 0 Å². The Hall–Kier alpha value is -1.46. The first-order valence-corrected chi connectivity index (χ1v) is 5.79. The summed E-state index contributed by atoms with van der Waals surface area (Å²) < 4.78 is 0. The van der Waals surface area contributed by atoms with Crippen LogP contribution < -0.4 is 5.73 Å². The Morgan fingerprint density at radius 1 is 1.38 bits per heavy atom. The van der Waals surface area contributed by atoms with E-state index in [2.05, 4.69) is 16.9 Å². The van der Waals surface area contributed by atoms with Crippen LogP contribution in [0.25, 0.3) is 0 Å². The van der Waals surface area contributed by atoms with Crippen molar-refractivity contribution in [2.75, 3.05) is 18.8 Å². The fourth-order valence-electron chi connectivity index (χ4n) is 1.90. The van der Waals surface area contributed by atoms with Crippen molar-refractivity contribution in [3.05, 3.63) is 29.8 Å². The van der Waals surface area contributed by atoms with Crippen molar-refractivity contribution in [1.82, 2.24) is 4.90 Å². The van der Waals surface area contributed by atoms with Crippen molar-refractivity contribution in [1.29, 1.82) is 0 Å². The smallest absolute Gasteiger partial charge is 0.0601 e. The lowest BCUT2D eigenvalue weighted by Gasteiger charge is -2.20. The zero-order valence-corrected chi connectivity index (χ0v) is 9.52. The lowest BCUT2D eigenvalue weighted by Crippen LogP contribution is -2.26. The maximum atomic E-state index is 5.93. The van der Waals surface area contributed by atoms with Crippen LogP contribution in [0.15, 0.2) is 24.3 Å². The van der Waals surface area contributed by atoms with Crippen molar-refractivity contribution in [2.24, 2.45) is 5.92 Å². The summed E-state index contributed by atoms with van der Waals surface area (Å²) in [6, 6.07) is 8.01. The Morgan fingerprint density at radius 2 is 2.12 bits per heavy atom. The molecule has 2 N–H and O–H groups in total. The summed E-state index contributed by atoms with van der Waals surface area (Å²) in [4.78, 5) is 2.31. The van der Waals surface area contributed by atoms with Crippen LogP contribution in [-0.4, -0.2) is 18.0 Å². The molecule has 0 unspecified atom stereocenters. The van der Waals surface area contributed by atoms with Gasteiger partial charge in [0.1, 0.15) is 0 Å². The summed E-state index contributed by atoms with van der Waals surface area (Å²) in [6.45, 7) is 2.69. The fraction of sp³-hybridized carbons (Fsp3) is 0.429. The van der Waals surface area contributed by atoms with Gasteiger partial charge in [0.15, 0.2) is 0 Å². The Morgan fingerprint density at radius 3 is 2.75 bits per heavy atom. The number of para-hydroxylation sites is 1. The molecular formula is C14H18N2.